The third kappa shape index (κ3) is 3.47. The van der Waals surface area contributed by atoms with Crippen LogP contribution in [0.5, 0.6) is 5.75 Å². The highest BCUT2D eigenvalue weighted by Crippen LogP contribution is 2.25. The summed E-state index contributed by atoms with van der Waals surface area (Å²) in [5.41, 5.74) is 1.51. The Kier molecular flexibility index (Phi) is 3.72. The highest BCUT2D eigenvalue weighted by Gasteiger charge is 2.16. The van der Waals surface area contributed by atoms with Crippen molar-refractivity contribution >= 4 is 0 Å². The van der Waals surface area contributed by atoms with Gasteiger partial charge in [-0.3, -0.25) is 0 Å². The van der Waals surface area contributed by atoms with Crippen molar-refractivity contribution in [3.63, 3.8) is 0 Å². The summed E-state index contributed by atoms with van der Waals surface area (Å²) in [4.78, 5) is 0. The maximum absolute atomic E-state index is 5.86. The molecule has 1 aliphatic heterocycles. The third-order valence-corrected chi connectivity index (χ3v) is 3.31. The highest BCUT2D eigenvalue weighted by atomic mass is 16.5. The molecule has 1 atom stereocenters. The monoisotopic (exact) mass is 233 g/mol. The van der Waals surface area contributed by atoms with E-state index in [-0.39, 0.29) is 5.41 Å². The van der Waals surface area contributed by atoms with Crippen LogP contribution in [-0.2, 0) is 5.41 Å². The van der Waals surface area contributed by atoms with Gasteiger partial charge < -0.3 is 10.1 Å². The zero-order valence-corrected chi connectivity index (χ0v) is 11.1. The molecule has 0 radical (unpaired) electrons. The molecule has 0 aromatic heterocycles. The predicted molar refractivity (Wildman–Crippen MR) is 71.7 cm³/mol. The van der Waals surface area contributed by atoms with Crippen molar-refractivity contribution in [2.24, 2.45) is 0 Å². The Morgan fingerprint density at radius 3 is 2.82 bits per heavy atom. The minimum absolute atomic E-state index is 0.185. The molecule has 2 heteroatoms. The summed E-state index contributed by atoms with van der Waals surface area (Å²) in [6.45, 7) is 8.60. The van der Waals surface area contributed by atoms with E-state index in [1.165, 1.54) is 18.4 Å². The first-order valence-electron chi connectivity index (χ1n) is 6.52. The van der Waals surface area contributed by atoms with E-state index in [1.807, 2.05) is 6.07 Å². The van der Waals surface area contributed by atoms with Gasteiger partial charge in [-0.2, -0.15) is 0 Å². The molecule has 1 aromatic rings. The van der Waals surface area contributed by atoms with Crippen LogP contribution >= 0.6 is 0 Å². The summed E-state index contributed by atoms with van der Waals surface area (Å²) in [5.74, 6) is 0.992. The lowest BCUT2D eigenvalue weighted by molar-refractivity contribution is 0.276. The molecular weight excluding hydrogens is 210 g/mol. The minimum atomic E-state index is 0.185. The summed E-state index contributed by atoms with van der Waals surface area (Å²) in [7, 11) is 0. The fraction of sp³-hybridized carbons (Fsp3) is 0.600. The second kappa shape index (κ2) is 5.09. The maximum Gasteiger partial charge on any atom is 0.119 e. The van der Waals surface area contributed by atoms with E-state index in [2.05, 4.69) is 44.3 Å². The van der Waals surface area contributed by atoms with Crippen LogP contribution in [0.2, 0.25) is 0 Å². The second-order valence-electron chi connectivity index (χ2n) is 5.88. The van der Waals surface area contributed by atoms with Gasteiger partial charge in [-0.15, -0.1) is 0 Å². The summed E-state index contributed by atoms with van der Waals surface area (Å²) < 4.78 is 5.86. The Balaban J connectivity index is 1.96. The molecule has 0 spiro atoms. The van der Waals surface area contributed by atoms with Crippen LogP contribution in [0.25, 0.3) is 0 Å². The number of benzene rings is 1. The van der Waals surface area contributed by atoms with Gasteiger partial charge in [0, 0.05) is 6.04 Å². The van der Waals surface area contributed by atoms with E-state index >= 15 is 0 Å². The van der Waals surface area contributed by atoms with Crippen molar-refractivity contribution in [1.82, 2.24) is 5.32 Å². The van der Waals surface area contributed by atoms with Crippen molar-refractivity contribution in [3.8, 4) is 5.75 Å². The highest BCUT2D eigenvalue weighted by molar-refractivity contribution is 5.32. The minimum Gasteiger partial charge on any atom is -0.492 e. The van der Waals surface area contributed by atoms with Crippen molar-refractivity contribution in [1.29, 1.82) is 0 Å². The lowest BCUT2D eigenvalue weighted by Crippen LogP contribution is -2.28. The average molecular weight is 233 g/mol. The van der Waals surface area contributed by atoms with Gasteiger partial charge in [0.2, 0.25) is 0 Å². The Labute approximate surface area is 104 Å². The molecule has 0 amide bonds. The van der Waals surface area contributed by atoms with Crippen LogP contribution < -0.4 is 10.1 Å². The molecule has 1 N–H and O–H groups in total. The van der Waals surface area contributed by atoms with E-state index in [0.29, 0.717) is 6.04 Å². The molecule has 0 saturated carbocycles. The third-order valence-electron chi connectivity index (χ3n) is 3.31. The molecular formula is C15H23NO. The first kappa shape index (κ1) is 12.4. The van der Waals surface area contributed by atoms with Crippen molar-refractivity contribution in [3.05, 3.63) is 29.8 Å². The van der Waals surface area contributed by atoms with Crippen LogP contribution in [0, 0.1) is 0 Å². The molecule has 0 unspecified atom stereocenters. The van der Waals surface area contributed by atoms with Crippen LogP contribution in [0.4, 0.5) is 0 Å². The summed E-state index contributed by atoms with van der Waals surface area (Å²) in [6.07, 6.45) is 2.51. The largest absolute Gasteiger partial charge is 0.492 e. The molecule has 0 bridgehead atoms. The fourth-order valence-corrected chi connectivity index (χ4v) is 2.15. The van der Waals surface area contributed by atoms with Crippen LogP contribution in [-0.4, -0.2) is 19.2 Å². The summed E-state index contributed by atoms with van der Waals surface area (Å²) in [5, 5.41) is 3.45. The Morgan fingerprint density at radius 1 is 1.35 bits per heavy atom. The zero-order chi connectivity index (χ0) is 12.3. The van der Waals surface area contributed by atoms with Crippen molar-refractivity contribution in [2.75, 3.05) is 13.2 Å². The Hall–Kier alpha value is -1.02. The molecule has 94 valence electrons. The molecule has 2 rings (SSSR count). The van der Waals surface area contributed by atoms with Gasteiger partial charge in [-0.25, -0.2) is 0 Å². The normalized spacial score (nSPS) is 20.5. The number of rotatable bonds is 3. The maximum atomic E-state index is 5.86. The molecule has 1 aliphatic rings. The van der Waals surface area contributed by atoms with Crippen LogP contribution in [0.3, 0.4) is 0 Å². The smallest absolute Gasteiger partial charge is 0.119 e. The SMILES string of the molecule is CC(C)(C)c1cccc(OC[C@H]2CCCN2)c1. The Bertz CT molecular complexity index is 361. The molecule has 1 saturated heterocycles. The number of hydrogen-bond donors (Lipinski definition) is 1. The molecule has 17 heavy (non-hydrogen) atoms. The van der Waals surface area contributed by atoms with Gasteiger partial charge in [-0.1, -0.05) is 32.9 Å². The van der Waals surface area contributed by atoms with Gasteiger partial charge in [0.15, 0.2) is 0 Å². The van der Waals surface area contributed by atoms with Gasteiger partial charge in [0.25, 0.3) is 0 Å². The van der Waals surface area contributed by atoms with Gasteiger partial charge in [-0.05, 0) is 42.5 Å². The van der Waals surface area contributed by atoms with Crippen LogP contribution in [0.15, 0.2) is 24.3 Å². The summed E-state index contributed by atoms with van der Waals surface area (Å²) in [6, 6.07) is 8.99. The van der Waals surface area contributed by atoms with Gasteiger partial charge in [0.05, 0.1) is 0 Å². The summed E-state index contributed by atoms with van der Waals surface area (Å²) >= 11 is 0. The quantitative estimate of drug-likeness (QED) is 0.866. The number of nitrogens with one attached hydrogen (secondary N) is 1. The van der Waals surface area contributed by atoms with Crippen molar-refractivity contribution < 1.29 is 4.74 Å². The number of ether oxygens (including phenoxy) is 1. The van der Waals surface area contributed by atoms with E-state index in [1.54, 1.807) is 0 Å². The van der Waals surface area contributed by atoms with Gasteiger partial charge >= 0.3 is 0 Å². The van der Waals surface area contributed by atoms with Crippen molar-refractivity contribution in [2.45, 2.75) is 45.1 Å². The molecule has 0 aliphatic carbocycles. The Morgan fingerprint density at radius 2 is 2.18 bits per heavy atom. The topological polar surface area (TPSA) is 21.3 Å². The average Bonchev–Trinajstić information content (AvgIpc) is 2.78. The van der Waals surface area contributed by atoms with Gasteiger partial charge in [0.1, 0.15) is 12.4 Å². The molecule has 1 heterocycles. The van der Waals surface area contributed by atoms with E-state index in [4.69, 9.17) is 4.74 Å². The predicted octanol–water partition coefficient (Wildman–Crippen LogP) is 3.11. The first-order valence-corrected chi connectivity index (χ1v) is 6.52. The number of hydrogen-bond acceptors (Lipinski definition) is 2. The first-order chi connectivity index (χ1) is 8.05. The van der Waals surface area contributed by atoms with E-state index in [0.717, 1.165) is 18.9 Å². The zero-order valence-electron chi connectivity index (χ0n) is 11.1. The molecule has 1 aromatic carbocycles. The van der Waals surface area contributed by atoms with E-state index in [9.17, 15) is 0 Å². The molecule has 2 nitrogen and oxygen atoms in total. The standard InChI is InChI=1S/C15H23NO/c1-15(2,3)12-6-4-8-14(10-12)17-11-13-7-5-9-16-13/h4,6,8,10,13,16H,5,7,9,11H2,1-3H3/t13-/m1/s1. The molecule has 1 fully saturated rings. The lowest BCUT2D eigenvalue weighted by Gasteiger charge is -2.20. The van der Waals surface area contributed by atoms with E-state index < -0.39 is 0 Å². The van der Waals surface area contributed by atoms with Crippen LogP contribution in [0.1, 0.15) is 39.2 Å². The fourth-order valence-electron chi connectivity index (χ4n) is 2.15. The lowest BCUT2D eigenvalue weighted by atomic mass is 9.87. The second-order valence-corrected chi connectivity index (χ2v) is 5.88.